The molecule has 2 rings (SSSR count). The molecule has 24 heavy (non-hydrogen) atoms. The second-order valence-corrected chi connectivity index (χ2v) is 6.60. The van der Waals surface area contributed by atoms with Crippen molar-refractivity contribution in [3.05, 3.63) is 5.82 Å². The van der Waals surface area contributed by atoms with E-state index in [1.54, 1.807) is 4.90 Å². The summed E-state index contributed by atoms with van der Waals surface area (Å²) in [6.07, 6.45) is 0.0232. The first-order chi connectivity index (χ1) is 11.4. The lowest BCUT2D eigenvalue weighted by Crippen LogP contribution is -2.53. The summed E-state index contributed by atoms with van der Waals surface area (Å²) < 4.78 is 10.2. The molecule has 8 nitrogen and oxygen atoms in total. The Kier molecular flexibility index (Phi) is 6.15. The van der Waals surface area contributed by atoms with Gasteiger partial charge in [-0.3, -0.25) is 14.2 Å². The Bertz CT molecular complexity index is 585. The summed E-state index contributed by atoms with van der Waals surface area (Å²) in [6, 6.07) is 2.24. The third kappa shape index (κ3) is 4.45. The van der Waals surface area contributed by atoms with Gasteiger partial charge in [0, 0.05) is 32.1 Å². The largest absolute Gasteiger partial charge is 0.439 e. The zero-order valence-electron chi connectivity index (χ0n) is 14.7. The minimum absolute atomic E-state index is 0.0232. The van der Waals surface area contributed by atoms with Crippen molar-refractivity contribution >= 4 is 5.91 Å². The van der Waals surface area contributed by atoms with Crippen LogP contribution in [0.5, 0.6) is 6.08 Å². The van der Waals surface area contributed by atoms with Crippen LogP contribution in [-0.4, -0.2) is 64.7 Å². The van der Waals surface area contributed by atoms with Gasteiger partial charge in [-0.2, -0.15) is 10.2 Å². The summed E-state index contributed by atoms with van der Waals surface area (Å²) in [4.78, 5) is 20.2. The van der Waals surface area contributed by atoms with Crippen molar-refractivity contribution < 1.29 is 14.1 Å². The maximum atomic E-state index is 12.2. The van der Waals surface area contributed by atoms with Gasteiger partial charge >= 0.3 is 6.08 Å². The molecular formula is C16H25N5O3. The zero-order chi connectivity index (χ0) is 17.7. The molecule has 1 aromatic heterocycles. The van der Waals surface area contributed by atoms with Crippen LogP contribution in [-0.2, 0) is 4.79 Å². The van der Waals surface area contributed by atoms with E-state index in [1.807, 2.05) is 27.7 Å². The van der Waals surface area contributed by atoms with E-state index in [1.165, 1.54) is 0 Å². The number of amides is 1. The molecule has 0 spiro atoms. The van der Waals surface area contributed by atoms with Crippen molar-refractivity contribution in [2.24, 2.45) is 5.92 Å². The quantitative estimate of drug-likeness (QED) is 0.772. The minimum Gasteiger partial charge on any atom is -0.439 e. The van der Waals surface area contributed by atoms with Crippen LogP contribution in [0.25, 0.3) is 0 Å². The van der Waals surface area contributed by atoms with Crippen molar-refractivity contribution in [1.82, 2.24) is 19.9 Å². The van der Waals surface area contributed by atoms with Gasteiger partial charge in [-0.25, -0.2) is 0 Å². The van der Waals surface area contributed by atoms with Crippen molar-refractivity contribution in [2.45, 2.75) is 39.7 Å². The molecule has 1 amide bonds. The average molecular weight is 335 g/mol. The van der Waals surface area contributed by atoms with Crippen LogP contribution in [0, 0.1) is 17.2 Å². The number of carbonyl (C=O) groups is 1. The van der Waals surface area contributed by atoms with Crippen LogP contribution in [0.2, 0.25) is 0 Å². The zero-order valence-corrected chi connectivity index (χ0v) is 14.7. The number of aromatic nitrogens is 2. The number of nitriles is 1. The number of hydrogen-bond acceptors (Lipinski definition) is 7. The van der Waals surface area contributed by atoms with E-state index < -0.39 is 0 Å². The molecule has 0 bridgehead atoms. The first kappa shape index (κ1) is 18.2. The summed E-state index contributed by atoms with van der Waals surface area (Å²) in [5, 5.41) is 13.0. The van der Waals surface area contributed by atoms with Gasteiger partial charge in [0.15, 0.2) is 12.4 Å². The number of ether oxygens (including phenoxy) is 1. The molecule has 0 aromatic carbocycles. The van der Waals surface area contributed by atoms with E-state index in [0.717, 1.165) is 0 Å². The molecule has 0 aliphatic carbocycles. The van der Waals surface area contributed by atoms with E-state index >= 15 is 0 Å². The SMILES string of the molecule is CC(C)c1noc(OCC(=O)N2CCN(C(C#N)C(C)C)CC2)n1. The van der Waals surface area contributed by atoms with Crippen molar-refractivity contribution in [3.8, 4) is 12.1 Å². The van der Waals surface area contributed by atoms with Crippen LogP contribution in [0.4, 0.5) is 0 Å². The maximum absolute atomic E-state index is 12.2. The van der Waals surface area contributed by atoms with Gasteiger partial charge in [0.05, 0.1) is 6.07 Å². The summed E-state index contributed by atoms with van der Waals surface area (Å²) >= 11 is 0. The first-order valence-electron chi connectivity index (χ1n) is 8.30. The summed E-state index contributed by atoms with van der Waals surface area (Å²) in [5.74, 6) is 0.858. The van der Waals surface area contributed by atoms with Crippen molar-refractivity contribution in [2.75, 3.05) is 32.8 Å². The average Bonchev–Trinajstić information content (AvgIpc) is 3.03. The second-order valence-electron chi connectivity index (χ2n) is 6.60. The van der Waals surface area contributed by atoms with E-state index in [4.69, 9.17) is 9.26 Å². The van der Waals surface area contributed by atoms with Crippen LogP contribution in [0.1, 0.15) is 39.4 Å². The molecule has 1 aliphatic rings. The van der Waals surface area contributed by atoms with Crippen LogP contribution in [0.15, 0.2) is 4.52 Å². The Balaban J connectivity index is 1.79. The Morgan fingerprint density at radius 2 is 1.96 bits per heavy atom. The van der Waals surface area contributed by atoms with E-state index in [-0.39, 0.29) is 36.5 Å². The lowest BCUT2D eigenvalue weighted by molar-refractivity contribution is -0.135. The highest BCUT2D eigenvalue weighted by Crippen LogP contribution is 2.15. The van der Waals surface area contributed by atoms with E-state index in [0.29, 0.717) is 32.0 Å². The maximum Gasteiger partial charge on any atom is 0.417 e. The van der Waals surface area contributed by atoms with Gasteiger partial charge in [0.2, 0.25) is 0 Å². The summed E-state index contributed by atoms with van der Waals surface area (Å²) in [6.45, 7) is 10.4. The third-order valence-corrected chi connectivity index (χ3v) is 4.08. The van der Waals surface area contributed by atoms with Gasteiger partial charge in [0.1, 0.15) is 6.04 Å². The molecule has 1 aromatic rings. The molecule has 1 unspecified atom stereocenters. The third-order valence-electron chi connectivity index (χ3n) is 4.08. The molecule has 1 fully saturated rings. The van der Waals surface area contributed by atoms with Gasteiger partial charge in [0.25, 0.3) is 5.91 Å². The van der Waals surface area contributed by atoms with E-state index in [9.17, 15) is 10.1 Å². The van der Waals surface area contributed by atoms with Gasteiger partial charge in [-0.05, 0) is 5.92 Å². The minimum atomic E-state index is -0.119. The topological polar surface area (TPSA) is 95.5 Å². The monoisotopic (exact) mass is 335 g/mol. The van der Waals surface area contributed by atoms with Crippen molar-refractivity contribution in [1.29, 1.82) is 5.26 Å². The highest BCUT2D eigenvalue weighted by atomic mass is 16.6. The molecule has 1 atom stereocenters. The highest BCUT2D eigenvalue weighted by molar-refractivity contribution is 5.77. The summed E-state index contributed by atoms with van der Waals surface area (Å²) in [5.41, 5.74) is 0. The fourth-order valence-corrected chi connectivity index (χ4v) is 2.63. The number of hydrogen-bond donors (Lipinski definition) is 0. The smallest absolute Gasteiger partial charge is 0.417 e. The van der Waals surface area contributed by atoms with Crippen LogP contribution >= 0.6 is 0 Å². The summed E-state index contributed by atoms with van der Waals surface area (Å²) in [7, 11) is 0. The molecule has 8 heteroatoms. The number of rotatable bonds is 6. The highest BCUT2D eigenvalue weighted by Gasteiger charge is 2.28. The van der Waals surface area contributed by atoms with Crippen LogP contribution < -0.4 is 4.74 Å². The molecule has 0 radical (unpaired) electrons. The first-order valence-corrected chi connectivity index (χ1v) is 8.30. The molecule has 2 heterocycles. The molecule has 132 valence electrons. The Morgan fingerprint density at radius 3 is 2.46 bits per heavy atom. The lowest BCUT2D eigenvalue weighted by Gasteiger charge is -2.37. The molecule has 1 saturated heterocycles. The number of carbonyl (C=O) groups excluding carboxylic acids is 1. The molecule has 1 aliphatic heterocycles. The second kappa shape index (κ2) is 8.11. The molecule has 0 N–H and O–H groups in total. The predicted molar refractivity (Wildman–Crippen MR) is 86.3 cm³/mol. The Morgan fingerprint density at radius 1 is 1.29 bits per heavy atom. The molecular weight excluding hydrogens is 310 g/mol. The fraction of sp³-hybridized carbons (Fsp3) is 0.750. The van der Waals surface area contributed by atoms with Gasteiger partial charge in [-0.15, -0.1) is 0 Å². The standard InChI is InChI=1S/C16H25N5O3/c1-11(2)13(9-17)20-5-7-21(8-6-20)14(22)10-23-16-18-15(12(3)4)19-24-16/h11-13H,5-8,10H2,1-4H3. The number of piperazine rings is 1. The Labute approximate surface area is 142 Å². The lowest BCUT2D eigenvalue weighted by atomic mass is 10.0. The number of nitrogens with zero attached hydrogens (tertiary/aromatic N) is 5. The predicted octanol–water partition coefficient (Wildman–Crippen LogP) is 1.26. The van der Waals surface area contributed by atoms with Crippen LogP contribution in [0.3, 0.4) is 0 Å². The fourth-order valence-electron chi connectivity index (χ4n) is 2.63. The van der Waals surface area contributed by atoms with E-state index in [2.05, 4.69) is 21.1 Å². The molecule has 0 saturated carbocycles. The van der Waals surface area contributed by atoms with Crippen molar-refractivity contribution in [3.63, 3.8) is 0 Å². The normalized spacial score (nSPS) is 17.1. The van der Waals surface area contributed by atoms with Gasteiger partial charge in [-0.1, -0.05) is 32.9 Å². The van der Waals surface area contributed by atoms with Gasteiger partial charge < -0.3 is 9.64 Å². The Hall–Kier alpha value is -2.14.